The molecule has 0 fully saturated rings. The van der Waals surface area contributed by atoms with Gasteiger partial charge in [-0.1, -0.05) is 17.6 Å². The minimum absolute atomic E-state index is 0.269. The summed E-state index contributed by atoms with van der Waals surface area (Å²) in [6.45, 7) is 0. The molecule has 2 radical (unpaired) electrons. The van der Waals surface area contributed by atoms with E-state index < -0.39 is 5.91 Å². The third-order valence-electron chi connectivity index (χ3n) is 1.34. The lowest BCUT2D eigenvalue weighted by atomic mass is 9.93. The topological polar surface area (TPSA) is 69.1 Å². The number of hydrogen-bond acceptors (Lipinski definition) is 2. The smallest absolute Gasteiger partial charge is 0.250 e. The normalized spacial score (nSPS) is 9.45. The van der Waals surface area contributed by atoms with Gasteiger partial charge in [-0.2, -0.15) is 0 Å². The van der Waals surface area contributed by atoms with Crippen molar-refractivity contribution < 1.29 is 4.79 Å². The molecule has 0 saturated carbocycles. The standard InChI is InChI=1S/C7H7BN2O/c8-4-1-2-6(9)5(3-4)7(10)11/h1-3H,9H2,(H2,10,11). The molecule has 0 spiro atoms. The molecule has 1 aromatic rings. The minimum atomic E-state index is -0.560. The van der Waals surface area contributed by atoms with Crippen molar-refractivity contribution >= 4 is 24.9 Å². The van der Waals surface area contributed by atoms with E-state index in [2.05, 4.69) is 0 Å². The zero-order valence-corrected chi connectivity index (χ0v) is 5.87. The van der Waals surface area contributed by atoms with Gasteiger partial charge in [0.2, 0.25) is 0 Å². The number of nitrogens with two attached hydrogens (primary N) is 2. The summed E-state index contributed by atoms with van der Waals surface area (Å²) < 4.78 is 0. The van der Waals surface area contributed by atoms with Crippen LogP contribution in [0.1, 0.15) is 10.4 Å². The summed E-state index contributed by atoms with van der Waals surface area (Å²) in [6.07, 6.45) is 0. The molecule has 11 heavy (non-hydrogen) atoms. The highest BCUT2D eigenvalue weighted by atomic mass is 16.1. The van der Waals surface area contributed by atoms with Gasteiger partial charge >= 0.3 is 0 Å². The molecule has 1 aromatic carbocycles. The molecule has 1 amide bonds. The van der Waals surface area contributed by atoms with Gasteiger partial charge in [-0.3, -0.25) is 4.79 Å². The lowest BCUT2D eigenvalue weighted by Crippen LogP contribution is -2.16. The molecule has 0 heterocycles. The molecule has 54 valence electrons. The lowest BCUT2D eigenvalue weighted by Gasteiger charge is -2.01. The van der Waals surface area contributed by atoms with Crippen LogP contribution in [0.3, 0.4) is 0 Å². The van der Waals surface area contributed by atoms with Crippen molar-refractivity contribution in [2.24, 2.45) is 5.73 Å². The van der Waals surface area contributed by atoms with Crippen molar-refractivity contribution in [3.63, 3.8) is 0 Å². The van der Waals surface area contributed by atoms with E-state index in [-0.39, 0.29) is 5.56 Å². The van der Waals surface area contributed by atoms with E-state index in [0.717, 1.165) is 0 Å². The fourth-order valence-electron chi connectivity index (χ4n) is 0.787. The number of primary amides is 1. The molecule has 0 aliphatic carbocycles. The molecule has 0 atom stereocenters. The van der Waals surface area contributed by atoms with Crippen LogP contribution < -0.4 is 16.9 Å². The molecular formula is C7H7BN2O. The Bertz CT molecular complexity index is 298. The molecule has 0 unspecified atom stereocenters. The molecule has 0 bridgehead atoms. The van der Waals surface area contributed by atoms with E-state index in [0.29, 0.717) is 11.2 Å². The van der Waals surface area contributed by atoms with E-state index in [9.17, 15) is 4.79 Å². The van der Waals surface area contributed by atoms with Gasteiger partial charge in [0, 0.05) is 5.69 Å². The Labute approximate surface area is 65.8 Å². The highest BCUT2D eigenvalue weighted by Crippen LogP contribution is 2.06. The molecule has 0 aliphatic rings. The fraction of sp³-hybridized carbons (Fsp3) is 0. The third-order valence-corrected chi connectivity index (χ3v) is 1.34. The predicted octanol–water partition coefficient (Wildman–Crippen LogP) is -0.838. The number of hydrogen-bond donors (Lipinski definition) is 2. The SMILES string of the molecule is [B]c1ccc(N)c(C(N)=O)c1. The highest BCUT2D eigenvalue weighted by molar-refractivity contribution is 6.32. The summed E-state index contributed by atoms with van der Waals surface area (Å²) in [5.74, 6) is -0.560. The number of carbonyl (C=O) groups excluding carboxylic acids is 1. The summed E-state index contributed by atoms with van der Waals surface area (Å²) in [6, 6.07) is 4.62. The Morgan fingerprint density at radius 1 is 1.45 bits per heavy atom. The third kappa shape index (κ3) is 1.52. The average molecular weight is 146 g/mol. The molecule has 1 rings (SSSR count). The van der Waals surface area contributed by atoms with Crippen molar-refractivity contribution in [2.45, 2.75) is 0 Å². The summed E-state index contributed by atoms with van der Waals surface area (Å²) >= 11 is 0. The van der Waals surface area contributed by atoms with Crippen LogP contribution in [0.4, 0.5) is 5.69 Å². The largest absolute Gasteiger partial charge is 0.398 e. The van der Waals surface area contributed by atoms with E-state index in [1.165, 1.54) is 6.07 Å². The number of anilines is 1. The Morgan fingerprint density at radius 2 is 2.09 bits per heavy atom. The zero-order valence-electron chi connectivity index (χ0n) is 5.87. The quantitative estimate of drug-likeness (QED) is 0.400. The van der Waals surface area contributed by atoms with Crippen LogP contribution in [0.5, 0.6) is 0 Å². The van der Waals surface area contributed by atoms with Gasteiger partial charge in [-0.25, -0.2) is 0 Å². The molecule has 0 aliphatic heterocycles. The van der Waals surface area contributed by atoms with Crippen LogP contribution in [-0.4, -0.2) is 13.8 Å². The Balaban J connectivity index is 3.23. The second-order valence-electron chi connectivity index (χ2n) is 2.21. The number of carbonyl (C=O) groups is 1. The Kier molecular flexibility index (Phi) is 1.85. The number of benzene rings is 1. The van der Waals surface area contributed by atoms with E-state index in [1.54, 1.807) is 12.1 Å². The molecule has 4 N–H and O–H groups in total. The van der Waals surface area contributed by atoms with Gasteiger partial charge in [0.1, 0.15) is 7.85 Å². The van der Waals surface area contributed by atoms with E-state index in [4.69, 9.17) is 19.3 Å². The Morgan fingerprint density at radius 3 is 2.55 bits per heavy atom. The van der Waals surface area contributed by atoms with Crippen LogP contribution in [-0.2, 0) is 0 Å². The van der Waals surface area contributed by atoms with Gasteiger partial charge < -0.3 is 11.5 Å². The fourth-order valence-corrected chi connectivity index (χ4v) is 0.787. The van der Waals surface area contributed by atoms with Crippen molar-refractivity contribution in [1.29, 1.82) is 0 Å². The minimum Gasteiger partial charge on any atom is -0.398 e. The van der Waals surface area contributed by atoms with Crippen LogP contribution >= 0.6 is 0 Å². The van der Waals surface area contributed by atoms with Crippen molar-refractivity contribution in [3.8, 4) is 0 Å². The summed E-state index contributed by atoms with van der Waals surface area (Å²) in [4.78, 5) is 10.7. The van der Waals surface area contributed by atoms with Crippen molar-refractivity contribution in [1.82, 2.24) is 0 Å². The molecule has 0 saturated heterocycles. The van der Waals surface area contributed by atoms with Gasteiger partial charge in [-0.05, 0) is 6.07 Å². The maximum atomic E-state index is 10.7. The molecule has 0 aromatic heterocycles. The van der Waals surface area contributed by atoms with Crippen LogP contribution in [0.25, 0.3) is 0 Å². The van der Waals surface area contributed by atoms with Gasteiger partial charge in [0.05, 0.1) is 5.56 Å². The number of nitrogen functional groups attached to an aromatic ring is 1. The first-order valence-electron chi connectivity index (χ1n) is 3.06. The summed E-state index contributed by atoms with van der Waals surface area (Å²) in [7, 11) is 5.40. The lowest BCUT2D eigenvalue weighted by molar-refractivity contribution is 0.100. The van der Waals surface area contributed by atoms with Crippen molar-refractivity contribution in [2.75, 3.05) is 5.73 Å². The highest BCUT2D eigenvalue weighted by Gasteiger charge is 2.03. The molecular weight excluding hydrogens is 139 g/mol. The van der Waals surface area contributed by atoms with Crippen LogP contribution in [0.2, 0.25) is 0 Å². The first kappa shape index (κ1) is 7.66. The maximum Gasteiger partial charge on any atom is 0.250 e. The van der Waals surface area contributed by atoms with Gasteiger partial charge in [0.25, 0.3) is 5.91 Å². The summed E-state index contributed by atoms with van der Waals surface area (Å²) in [5, 5.41) is 0. The van der Waals surface area contributed by atoms with Crippen molar-refractivity contribution in [3.05, 3.63) is 23.8 Å². The van der Waals surface area contributed by atoms with E-state index in [1.807, 2.05) is 0 Å². The van der Waals surface area contributed by atoms with Gasteiger partial charge in [-0.15, -0.1) is 0 Å². The second kappa shape index (κ2) is 2.66. The Hall–Kier alpha value is -1.45. The monoisotopic (exact) mass is 146 g/mol. The molecule has 3 nitrogen and oxygen atoms in total. The first-order chi connectivity index (χ1) is 5.11. The van der Waals surface area contributed by atoms with E-state index >= 15 is 0 Å². The zero-order chi connectivity index (χ0) is 8.43. The first-order valence-corrected chi connectivity index (χ1v) is 3.06. The number of rotatable bonds is 1. The maximum absolute atomic E-state index is 10.7. The van der Waals surface area contributed by atoms with Gasteiger partial charge in [0.15, 0.2) is 0 Å². The predicted molar refractivity (Wildman–Crippen MR) is 44.8 cm³/mol. The van der Waals surface area contributed by atoms with Crippen LogP contribution in [0, 0.1) is 0 Å². The second-order valence-corrected chi connectivity index (χ2v) is 2.21. The molecule has 4 heteroatoms. The average Bonchev–Trinajstić information content (AvgIpc) is 1.94. The van der Waals surface area contributed by atoms with Crippen LogP contribution in [0.15, 0.2) is 18.2 Å². The summed E-state index contributed by atoms with van der Waals surface area (Å²) in [5.41, 5.74) is 11.5. The number of amides is 1.